The maximum absolute atomic E-state index is 11.4. The number of amides is 1. The molecular weight excluding hydrogens is 194 g/mol. The Morgan fingerprint density at radius 1 is 1.36 bits per heavy atom. The van der Waals surface area contributed by atoms with Crippen molar-refractivity contribution in [3.05, 3.63) is 0 Å². The van der Waals surface area contributed by atoms with Crippen molar-refractivity contribution in [1.82, 2.24) is 5.32 Å². The van der Waals surface area contributed by atoms with Crippen LogP contribution in [0.2, 0.25) is 0 Å². The predicted molar refractivity (Wildman–Crippen MR) is 62.6 cm³/mol. The first-order valence-corrected chi connectivity index (χ1v) is 6.27. The van der Waals surface area contributed by atoms with E-state index < -0.39 is 0 Å². The lowest BCUT2D eigenvalue weighted by atomic mass is 9.97. The average molecular weight is 215 g/mol. The molecule has 0 heterocycles. The number of hydrogen-bond acceptors (Lipinski definition) is 2. The van der Waals surface area contributed by atoms with E-state index in [4.69, 9.17) is 0 Å². The molecule has 1 N–H and O–H groups in total. The maximum Gasteiger partial charge on any atom is 0.221 e. The molecule has 0 bridgehead atoms. The molecule has 1 aliphatic carbocycles. The van der Waals surface area contributed by atoms with E-state index in [0.717, 1.165) is 6.42 Å². The van der Waals surface area contributed by atoms with E-state index in [-0.39, 0.29) is 5.91 Å². The minimum absolute atomic E-state index is 0.166. The zero-order valence-electron chi connectivity index (χ0n) is 8.96. The van der Waals surface area contributed by atoms with Crippen LogP contribution in [-0.2, 0) is 4.79 Å². The normalized spacial score (nSPS) is 28.1. The van der Waals surface area contributed by atoms with Crippen molar-refractivity contribution in [2.45, 2.75) is 51.5 Å². The highest BCUT2D eigenvalue weighted by molar-refractivity contribution is 7.80. The smallest absolute Gasteiger partial charge is 0.221 e. The summed E-state index contributed by atoms with van der Waals surface area (Å²) in [5.74, 6) is 1.45. The molecule has 0 aromatic heterocycles. The molecule has 0 aromatic rings. The highest BCUT2D eigenvalue weighted by Gasteiger charge is 2.20. The van der Waals surface area contributed by atoms with Crippen LogP contribution in [0.3, 0.4) is 0 Å². The molecule has 2 unspecified atom stereocenters. The Bertz CT molecular complexity index is 184. The van der Waals surface area contributed by atoms with Crippen molar-refractivity contribution < 1.29 is 4.79 Å². The zero-order chi connectivity index (χ0) is 10.4. The highest BCUT2D eigenvalue weighted by Crippen LogP contribution is 2.22. The van der Waals surface area contributed by atoms with Gasteiger partial charge in [0, 0.05) is 12.5 Å². The van der Waals surface area contributed by atoms with Crippen LogP contribution in [0.1, 0.15) is 45.4 Å². The molecule has 1 rings (SSSR count). The standard InChI is InChI=1S/C11H21NOS/c1-9-5-3-2-4-6-10(9)12-11(13)7-8-14/h9-10,14H,2-8H2,1H3,(H,12,13). The van der Waals surface area contributed by atoms with E-state index in [2.05, 4.69) is 24.9 Å². The largest absolute Gasteiger partial charge is 0.353 e. The summed E-state index contributed by atoms with van der Waals surface area (Å²) in [6, 6.07) is 0.407. The molecule has 1 fully saturated rings. The number of carbonyl (C=O) groups is 1. The van der Waals surface area contributed by atoms with Crippen LogP contribution in [0, 0.1) is 5.92 Å². The fourth-order valence-electron chi connectivity index (χ4n) is 2.09. The molecule has 2 atom stereocenters. The molecule has 1 amide bonds. The predicted octanol–water partition coefficient (Wildman–Crippen LogP) is 2.39. The minimum atomic E-state index is 0.166. The van der Waals surface area contributed by atoms with Crippen molar-refractivity contribution in [3.8, 4) is 0 Å². The summed E-state index contributed by atoms with van der Waals surface area (Å²) in [6.07, 6.45) is 6.86. The summed E-state index contributed by atoms with van der Waals surface area (Å²) >= 11 is 4.06. The van der Waals surface area contributed by atoms with Gasteiger partial charge in [-0.25, -0.2) is 0 Å². The summed E-state index contributed by atoms with van der Waals surface area (Å²) in [5.41, 5.74) is 0. The second-order valence-corrected chi connectivity index (χ2v) is 4.71. The van der Waals surface area contributed by atoms with Crippen LogP contribution < -0.4 is 5.32 Å². The molecule has 0 radical (unpaired) electrons. The number of thiol groups is 1. The second-order valence-electron chi connectivity index (χ2n) is 4.26. The average Bonchev–Trinajstić information content (AvgIpc) is 2.33. The molecule has 0 aliphatic heterocycles. The summed E-state index contributed by atoms with van der Waals surface area (Å²) in [5, 5.41) is 3.12. The molecular formula is C11H21NOS. The van der Waals surface area contributed by atoms with Crippen molar-refractivity contribution in [2.75, 3.05) is 5.75 Å². The fourth-order valence-corrected chi connectivity index (χ4v) is 2.29. The van der Waals surface area contributed by atoms with Gasteiger partial charge in [0.1, 0.15) is 0 Å². The van der Waals surface area contributed by atoms with Crippen LogP contribution in [-0.4, -0.2) is 17.7 Å². The van der Waals surface area contributed by atoms with Gasteiger partial charge in [-0.1, -0.05) is 26.2 Å². The molecule has 1 aliphatic rings. The van der Waals surface area contributed by atoms with Crippen molar-refractivity contribution in [2.24, 2.45) is 5.92 Å². The Morgan fingerprint density at radius 3 is 2.79 bits per heavy atom. The highest BCUT2D eigenvalue weighted by atomic mass is 32.1. The molecule has 14 heavy (non-hydrogen) atoms. The summed E-state index contributed by atoms with van der Waals surface area (Å²) in [7, 11) is 0. The summed E-state index contributed by atoms with van der Waals surface area (Å²) in [6.45, 7) is 2.25. The van der Waals surface area contributed by atoms with Gasteiger partial charge in [-0.15, -0.1) is 0 Å². The Labute approximate surface area is 92.2 Å². The van der Waals surface area contributed by atoms with Crippen LogP contribution in [0.5, 0.6) is 0 Å². The van der Waals surface area contributed by atoms with E-state index in [1.54, 1.807) is 0 Å². The van der Waals surface area contributed by atoms with Crippen LogP contribution in [0.25, 0.3) is 0 Å². The monoisotopic (exact) mass is 215 g/mol. The van der Waals surface area contributed by atoms with Gasteiger partial charge in [0.05, 0.1) is 0 Å². The van der Waals surface area contributed by atoms with E-state index in [0.29, 0.717) is 24.1 Å². The van der Waals surface area contributed by atoms with Crippen molar-refractivity contribution in [1.29, 1.82) is 0 Å². The SMILES string of the molecule is CC1CCCCCC1NC(=O)CCS. The van der Waals surface area contributed by atoms with Gasteiger partial charge in [-0.3, -0.25) is 4.79 Å². The maximum atomic E-state index is 11.4. The molecule has 1 saturated carbocycles. The van der Waals surface area contributed by atoms with E-state index in [9.17, 15) is 4.79 Å². The molecule has 3 heteroatoms. The van der Waals surface area contributed by atoms with Gasteiger partial charge >= 0.3 is 0 Å². The van der Waals surface area contributed by atoms with Gasteiger partial charge in [-0.2, -0.15) is 12.6 Å². The van der Waals surface area contributed by atoms with Crippen LogP contribution in [0.15, 0.2) is 0 Å². The molecule has 0 aromatic carbocycles. The Kier molecular flexibility index (Phi) is 5.38. The second kappa shape index (κ2) is 6.33. The first-order chi connectivity index (χ1) is 6.74. The van der Waals surface area contributed by atoms with E-state index in [1.807, 2.05) is 0 Å². The third-order valence-electron chi connectivity index (χ3n) is 3.05. The van der Waals surface area contributed by atoms with E-state index >= 15 is 0 Å². The van der Waals surface area contributed by atoms with Gasteiger partial charge in [0.15, 0.2) is 0 Å². The first-order valence-electron chi connectivity index (χ1n) is 5.64. The van der Waals surface area contributed by atoms with Crippen molar-refractivity contribution >= 4 is 18.5 Å². The fraction of sp³-hybridized carbons (Fsp3) is 0.909. The number of rotatable bonds is 3. The van der Waals surface area contributed by atoms with E-state index in [1.165, 1.54) is 25.7 Å². The summed E-state index contributed by atoms with van der Waals surface area (Å²) < 4.78 is 0. The molecule has 82 valence electrons. The Balaban J connectivity index is 2.36. The molecule has 0 spiro atoms. The van der Waals surface area contributed by atoms with Crippen molar-refractivity contribution in [3.63, 3.8) is 0 Å². The number of carbonyl (C=O) groups excluding carboxylic acids is 1. The first kappa shape index (κ1) is 11.9. The van der Waals surface area contributed by atoms with Crippen LogP contribution in [0.4, 0.5) is 0 Å². The zero-order valence-corrected chi connectivity index (χ0v) is 9.85. The topological polar surface area (TPSA) is 29.1 Å². The number of hydrogen-bond donors (Lipinski definition) is 2. The lowest BCUT2D eigenvalue weighted by Crippen LogP contribution is -2.38. The van der Waals surface area contributed by atoms with Gasteiger partial charge in [-0.05, 0) is 24.5 Å². The third-order valence-corrected chi connectivity index (χ3v) is 3.27. The summed E-state index contributed by atoms with van der Waals surface area (Å²) in [4.78, 5) is 11.4. The molecule has 2 nitrogen and oxygen atoms in total. The van der Waals surface area contributed by atoms with Crippen LogP contribution >= 0.6 is 12.6 Å². The minimum Gasteiger partial charge on any atom is -0.353 e. The van der Waals surface area contributed by atoms with Gasteiger partial charge < -0.3 is 5.32 Å². The lowest BCUT2D eigenvalue weighted by Gasteiger charge is -2.22. The number of nitrogens with one attached hydrogen (secondary N) is 1. The molecule has 0 saturated heterocycles. The Morgan fingerprint density at radius 2 is 2.07 bits per heavy atom. The lowest BCUT2D eigenvalue weighted by molar-refractivity contribution is -0.121. The Hall–Kier alpha value is -0.180. The quantitative estimate of drug-likeness (QED) is 0.549. The third kappa shape index (κ3) is 3.91. The van der Waals surface area contributed by atoms with Gasteiger partial charge in [0.25, 0.3) is 0 Å². The van der Waals surface area contributed by atoms with Gasteiger partial charge in [0.2, 0.25) is 5.91 Å².